The predicted octanol–water partition coefficient (Wildman–Crippen LogP) is 2.91. The van der Waals surface area contributed by atoms with Crippen molar-refractivity contribution < 1.29 is 26.4 Å². The summed E-state index contributed by atoms with van der Waals surface area (Å²) in [5, 5.41) is 8.81. The van der Waals surface area contributed by atoms with Gasteiger partial charge in [0.05, 0.1) is 15.9 Å². The number of aromatic nitrogens is 2. The third kappa shape index (κ3) is 9.73. The Balaban J connectivity index is 0.00000529. The van der Waals surface area contributed by atoms with Crippen LogP contribution in [-0.4, -0.2) is 79.2 Å². The Morgan fingerprint density at radius 1 is 0.886 bits per heavy atom. The van der Waals surface area contributed by atoms with Crippen molar-refractivity contribution in [1.82, 2.24) is 20.0 Å². The molecule has 0 aliphatic heterocycles. The van der Waals surface area contributed by atoms with Crippen molar-refractivity contribution in [1.29, 1.82) is 0 Å². The number of sulfonamides is 1. The zero-order valence-corrected chi connectivity index (χ0v) is 26.1. The summed E-state index contributed by atoms with van der Waals surface area (Å²) in [5.74, 6) is -1.25. The zero-order valence-electron chi connectivity index (χ0n) is 24.4. The Morgan fingerprint density at radius 2 is 1.48 bits per heavy atom. The van der Waals surface area contributed by atoms with E-state index < -0.39 is 37.6 Å². The third-order valence-electron chi connectivity index (χ3n) is 6.80. The van der Waals surface area contributed by atoms with E-state index in [0.29, 0.717) is 24.3 Å². The van der Waals surface area contributed by atoms with E-state index >= 15 is 0 Å². The zero-order chi connectivity index (χ0) is 31.4. The molecule has 1 aromatic heterocycles. The molecule has 232 valence electrons. The number of rotatable bonds is 13. The van der Waals surface area contributed by atoms with Crippen LogP contribution in [-0.2, 0) is 36.0 Å². The summed E-state index contributed by atoms with van der Waals surface area (Å²) in [6.07, 6.45) is 3.02. The monoisotopic (exact) mass is 652 g/mol. The molecule has 1 aliphatic carbocycles. The molecular formula is C29H37N6NaO6S2. The molecule has 0 bridgehead atoms. The molecule has 0 radical (unpaired) electrons. The number of amides is 2. The van der Waals surface area contributed by atoms with Crippen molar-refractivity contribution in [3.63, 3.8) is 0 Å². The SMILES string of the molecule is Cc1cnc(Nc2ccc(S(=O)(=O)NC(=O)C(C)C)cc2)nc1Nc1ccc(CNC(=O)C(C)CS(=O)(=O)C2CC2)cc1.[NaH]. The van der Waals surface area contributed by atoms with Crippen LogP contribution in [0.1, 0.15) is 44.7 Å². The molecule has 0 saturated heterocycles. The van der Waals surface area contributed by atoms with Gasteiger partial charge in [-0.3, -0.25) is 9.59 Å². The molecule has 12 nitrogen and oxygen atoms in total. The maximum absolute atomic E-state index is 12.4. The fourth-order valence-electron chi connectivity index (χ4n) is 3.98. The molecule has 44 heavy (non-hydrogen) atoms. The molecule has 0 spiro atoms. The van der Waals surface area contributed by atoms with Crippen LogP contribution in [0.15, 0.2) is 59.6 Å². The number of anilines is 4. The van der Waals surface area contributed by atoms with Gasteiger partial charge in [0.25, 0.3) is 10.0 Å². The average Bonchev–Trinajstić information content (AvgIpc) is 3.81. The minimum atomic E-state index is -3.97. The van der Waals surface area contributed by atoms with Crippen molar-refractivity contribution in [2.75, 3.05) is 16.4 Å². The second kappa shape index (κ2) is 14.8. The number of hydrogen-bond acceptors (Lipinski definition) is 10. The number of carbonyl (C=O) groups is 2. The molecule has 1 fully saturated rings. The van der Waals surface area contributed by atoms with Crippen LogP contribution in [0.3, 0.4) is 0 Å². The van der Waals surface area contributed by atoms with Crippen LogP contribution in [0.4, 0.5) is 23.1 Å². The first kappa shape index (κ1) is 35.4. The van der Waals surface area contributed by atoms with Crippen LogP contribution in [0.2, 0.25) is 0 Å². The van der Waals surface area contributed by atoms with E-state index in [1.807, 2.05) is 31.2 Å². The van der Waals surface area contributed by atoms with E-state index in [0.717, 1.165) is 16.8 Å². The summed E-state index contributed by atoms with van der Waals surface area (Å²) in [6.45, 7) is 6.97. The molecular weight excluding hydrogens is 615 g/mol. The topological polar surface area (TPSA) is 176 Å². The van der Waals surface area contributed by atoms with Crippen molar-refractivity contribution in [3.05, 3.63) is 65.9 Å². The molecule has 3 aromatic rings. The summed E-state index contributed by atoms with van der Waals surface area (Å²) in [4.78, 5) is 33.0. The van der Waals surface area contributed by atoms with Crippen molar-refractivity contribution >= 4 is 84.4 Å². The Labute approximate surface area is 280 Å². The Morgan fingerprint density at radius 3 is 2.07 bits per heavy atom. The summed E-state index contributed by atoms with van der Waals surface area (Å²) >= 11 is 0. The van der Waals surface area contributed by atoms with Crippen molar-refractivity contribution in [3.8, 4) is 0 Å². The number of aryl methyl sites for hydroxylation is 1. The van der Waals surface area contributed by atoms with Crippen LogP contribution in [0.5, 0.6) is 0 Å². The standard InChI is InChI=1S/C29H36N6O6S2.Na.H/c1-18(2)27(36)35-43(40,41)25-11-9-23(10-12-25)33-29-31-15-19(3)26(34-29)32-22-7-5-21(6-8-22)16-30-28(37)20(4)17-42(38,39)24-13-14-24;;/h5-12,15,18,20,24H,13-14,16-17H2,1-4H3,(H,30,37)(H,35,36)(H2,31,32,33,34);;. The van der Waals surface area contributed by atoms with Crippen LogP contribution >= 0.6 is 0 Å². The second-order valence-electron chi connectivity index (χ2n) is 11.0. The molecule has 4 N–H and O–H groups in total. The fourth-order valence-corrected chi connectivity index (χ4v) is 7.07. The molecule has 1 saturated carbocycles. The van der Waals surface area contributed by atoms with E-state index in [2.05, 4.69) is 30.6 Å². The molecule has 1 atom stereocenters. The number of sulfone groups is 1. The molecule has 4 rings (SSSR count). The summed E-state index contributed by atoms with van der Waals surface area (Å²) < 4.78 is 51.2. The Hall–Kier alpha value is -3.04. The first-order chi connectivity index (χ1) is 20.2. The number of nitrogens with zero attached hydrogens (tertiary/aromatic N) is 2. The van der Waals surface area contributed by atoms with Gasteiger partial charge < -0.3 is 16.0 Å². The van der Waals surface area contributed by atoms with Gasteiger partial charge in [0.15, 0.2) is 9.84 Å². The Bertz CT molecular complexity index is 1700. The molecule has 1 unspecified atom stereocenters. The quantitative estimate of drug-likeness (QED) is 0.201. The van der Waals surface area contributed by atoms with Gasteiger partial charge in [-0.05, 0) is 61.7 Å². The Kier molecular flexibility index (Phi) is 11.9. The van der Waals surface area contributed by atoms with Crippen LogP contribution in [0, 0.1) is 18.8 Å². The summed E-state index contributed by atoms with van der Waals surface area (Å²) in [6, 6.07) is 13.2. The number of hydrogen-bond donors (Lipinski definition) is 4. The molecule has 1 heterocycles. The van der Waals surface area contributed by atoms with E-state index in [1.165, 1.54) is 12.1 Å². The van der Waals surface area contributed by atoms with Gasteiger partial charge in [-0.25, -0.2) is 26.5 Å². The average molecular weight is 653 g/mol. The van der Waals surface area contributed by atoms with Gasteiger partial charge in [0, 0.05) is 41.5 Å². The molecule has 2 aromatic carbocycles. The van der Waals surface area contributed by atoms with Crippen LogP contribution < -0.4 is 20.7 Å². The normalized spacial score (nSPS) is 13.8. The van der Waals surface area contributed by atoms with E-state index in [-0.39, 0.29) is 63.9 Å². The number of carbonyl (C=O) groups excluding carboxylic acids is 2. The minimum absolute atomic E-state index is 0. The summed E-state index contributed by atoms with van der Waals surface area (Å²) in [5.41, 5.74) is 2.95. The fraction of sp³-hybridized carbons (Fsp3) is 0.379. The van der Waals surface area contributed by atoms with Gasteiger partial charge >= 0.3 is 29.6 Å². The molecule has 15 heteroatoms. The number of nitrogens with one attached hydrogen (secondary N) is 4. The first-order valence-electron chi connectivity index (χ1n) is 13.9. The van der Waals surface area contributed by atoms with Gasteiger partial charge in [-0.1, -0.05) is 32.9 Å². The first-order valence-corrected chi connectivity index (χ1v) is 17.1. The molecule has 1 aliphatic rings. The van der Waals surface area contributed by atoms with E-state index in [9.17, 15) is 26.4 Å². The number of benzene rings is 2. The third-order valence-corrected chi connectivity index (χ3v) is 10.6. The van der Waals surface area contributed by atoms with Crippen molar-refractivity contribution in [2.45, 2.75) is 57.2 Å². The molecule has 2 amide bonds. The van der Waals surface area contributed by atoms with Crippen LogP contribution in [0.25, 0.3) is 0 Å². The van der Waals surface area contributed by atoms with Crippen molar-refractivity contribution in [2.24, 2.45) is 11.8 Å². The predicted molar refractivity (Wildman–Crippen MR) is 171 cm³/mol. The maximum atomic E-state index is 12.4. The van der Waals surface area contributed by atoms with E-state index in [1.54, 1.807) is 39.1 Å². The summed E-state index contributed by atoms with van der Waals surface area (Å²) in [7, 11) is -7.18. The second-order valence-corrected chi connectivity index (χ2v) is 15.0. The van der Waals surface area contributed by atoms with Gasteiger partial charge in [0.1, 0.15) is 5.82 Å². The van der Waals surface area contributed by atoms with Gasteiger partial charge in [0.2, 0.25) is 17.8 Å². The van der Waals surface area contributed by atoms with Gasteiger partial charge in [-0.2, -0.15) is 4.98 Å². The van der Waals surface area contributed by atoms with E-state index in [4.69, 9.17) is 0 Å². The van der Waals surface area contributed by atoms with Gasteiger partial charge in [-0.15, -0.1) is 0 Å².